The largest absolute Gasteiger partial charge is 0.273 e. The zero-order valence-corrected chi connectivity index (χ0v) is 8.72. The van der Waals surface area contributed by atoms with Gasteiger partial charge < -0.3 is 0 Å². The molecule has 1 aromatic carbocycles. The van der Waals surface area contributed by atoms with Crippen LogP contribution in [0, 0.1) is 24.0 Å². The van der Waals surface area contributed by atoms with Crippen LogP contribution in [0.2, 0.25) is 0 Å². The Hall–Kier alpha value is -1.42. The lowest BCUT2D eigenvalue weighted by Gasteiger charge is -1.97. The molecule has 0 saturated heterocycles. The van der Waals surface area contributed by atoms with Gasteiger partial charge in [0.05, 0.1) is 4.92 Å². The highest BCUT2D eigenvalue weighted by Crippen LogP contribution is 2.31. The van der Waals surface area contributed by atoms with Crippen LogP contribution >= 0.6 is 11.3 Å². The van der Waals surface area contributed by atoms with E-state index in [1.807, 2.05) is 18.4 Å². The second kappa shape index (κ2) is 3.06. The predicted molar refractivity (Wildman–Crippen MR) is 58.0 cm³/mol. The van der Waals surface area contributed by atoms with Crippen LogP contribution in [0.15, 0.2) is 17.5 Å². The fraction of sp³-hybridized carbons (Fsp3) is 0.200. The van der Waals surface area contributed by atoms with Crippen LogP contribution in [-0.2, 0) is 0 Å². The second-order valence-corrected chi connectivity index (χ2v) is 4.22. The molecule has 1 heterocycles. The quantitative estimate of drug-likeness (QED) is 0.531. The van der Waals surface area contributed by atoms with E-state index >= 15 is 0 Å². The molecule has 0 spiro atoms. The van der Waals surface area contributed by atoms with Gasteiger partial charge in [0, 0.05) is 16.3 Å². The number of aryl methyl sites for hydroxylation is 2. The Balaban J connectivity index is 2.79. The Kier molecular flexibility index (Phi) is 2.00. The van der Waals surface area contributed by atoms with Crippen LogP contribution < -0.4 is 0 Å². The summed E-state index contributed by atoms with van der Waals surface area (Å²) < 4.78 is 0.986. The molecule has 2 aromatic rings. The normalized spacial score (nSPS) is 10.7. The van der Waals surface area contributed by atoms with E-state index in [1.165, 1.54) is 5.56 Å². The minimum absolute atomic E-state index is 0.208. The van der Waals surface area contributed by atoms with Crippen LogP contribution in [0.4, 0.5) is 5.69 Å². The topological polar surface area (TPSA) is 43.1 Å². The first-order chi connectivity index (χ1) is 6.59. The summed E-state index contributed by atoms with van der Waals surface area (Å²) in [5, 5.41) is 13.8. The molecule has 0 bridgehead atoms. The number of nitro groups is 1. The van der Waals surface area contributed by atoms with Crippen molar-refractivity contribution in [2.24, 2.45) is 0 Å². The summed E-state index contributed by atoms with van der Waals surface area (Å²) in [6.07, 6.45) is 0. The SMILES string of the molecule is Cc1cc2c(C)csc2cc1[N+](=O)[O-]. The van der Waals surface area contributed by atoms with Crippen LogP contribution in [0.3, 0.4) is 0 Å². The highest BCUT2D eigenvalue weighted by atomic mass is 32.1. The van der Waals surface area contributed by atoms with Gasteiger partial charge in [-0.15, -0.1) is 11.3 Å². The zero-order valence-electron chi connectivity index (χ0n) is 7.90. The molecule has 4 heteroatoms. The zero-order chi connectivity index (χ0) is 10.3. The molecule has 0 aliphatic heterocycles. The van der Waals surface area contributed by atoms with E-state index in [1.54, 1.807) is 24.3 Å². The van der Waals surface area contributed by atoms with Gasteiger partial charge in [-0.25, -0.2) is 0 Å². The molecule has 0 radical (unpaired) electrons. The monoisotopic (exact) mass is 207 g/mol. The number of nitrogens with zero attached hydrogens (tertiary/aromatic N) is 1. The average Bonchev–Trinajstić information content (AvgIpc) is 2.46. The molecule has 1 aromatic heterocycles. The molecule has 3 nitrogen and oxygen atoms in total. The number of thiophene rings is 1. The van der Waals surface area contributed by atoms with E-state index in [9.17, 15) is 10.1 Å². The van der Waals surface area contributed by atoms with E-state index in [0.717, 1.165) is 15.6 Å². The molecule has 0 amide bonds. The minimum atomic E-state index is -0.330. The lowest BCUT2D eigenvalue weighted by Crippen LogP contribution is -1.90. The first-order valence-corrected chi connectivity index (χ1v) is 5.10. The molecule has 0 atom stereocenters. The summed E-state index contributed by atoms with van der Waals surface area (Å²) in [5.74, 6) is 0. The summed E-state index contributed by atoms with van der Waals surface area (Å²) in [7, 11) is 0. The lowest BCUT2D eigenvalue weighted by molar-refractivity contribution is -0.385. The van der Waals surface area contributed by atoms with Crippen molar-refractivity contribution in [1.82, 2.24) is 0 Å². The van der Waals surface area contributed by atoms with Crippen molar-refractivity contribution < 1.29 is 4.92 Å². The molecular weight excluding hydrogens is 198 g/mol. The highest BCUT2D eigenvalue weighted by molar-refractivity contribution is 7.17. The van der Waals surface area contributed by atoms with Crippen molar-refractivity contribution >= 4 is 27.1 Å². The van der Waals surface area contributed by atoms with Crippen LogP contribution in [0.5, 0.6) is 0 Å². The van der Waals surface area contributed by atoms with Crippen molar-refractivity contribution in [1.29, 1.82) is 0 Å². The van der Waals surface area contributed by atoms with Crippen molar-refractivity contribution in [2.75, 3.05) is 0 Å². The maximum Gasteiger partial charge on any atom is 0.273 e. The molecule has 14 heavy (non-hydrogen) atoms. The number of rotatable bonds is 1. The second-order valence-electron chi connectivity index (χ2n) is 3.31. The fourth-order valence-corrected chi connectivity index (χ4v) is 2.45. The van der Waals surface area contributed by atoms with Gasteiger partial charge in [-0.05, 0) is 36.2 Å². The molecule has 2 rings (SSSR count). The van der Waals surface area contributed by atoms with Crippen LogP contribution in [-0.4, -0.2) is 4.92 Å². The molecule has 0 fully saturated rings. The third-order valence-electron chi connectivity index (χ3n) is 2.28. The number of hydrogen-bond donors (Lipinski definition) is 0. The van der Waals surface area contributed by atoms with Gasteiger partial charge >= 0.3 is 0 Å². The van der Waals surface area contributed by atoms with Gasteiger partial charge in [0.2, 0.25) is 0 Å². The van der Waals surface area contributed by atoms with E-state index in [-0.39, 0.29) is 10.6 Å². The highest BCUT2D eigenvalue weighted by Gasteiger charge is 2.12. The van der Waals surface area contributed by atoms with Gasteiger partial charge in [-0.2, -0.15) is 0 Å². The van der Waals surface area contributed by atoms with Gasteiger partial charge in [0.15, 0.2) is 0 Å². The minimum Gasteiger partial charge on any atom is -0.258 e. The van der Waals surface area contributed by atoms with Crippen molar-refractivity contribution in [3.05, 3.63) is 38.8 Å². The van der Waals surface area contributed by atoms with Crippen molar-refractivity contribution in [3.8, 4) is 0 Å². The molecule has 0 saturated carbocycles. The molecule has 0 aliphatic carbocycles. The van der Waals surface area contributed by atoms with E-state index < -0.39 is 0 Å². The molecule has 72 valence electrons. The average molecular weight is 207 g/mol. The first kappa shape index (κ1) is 9.15. The van der Waals surface area contributed by atoms with E-state index in [0.29, 0.717) is 0 Å². The van der Waals surface area contributed by atoms with Gasteiger partial charge in [-0.3, -0.25) is 10.1 Å². The summed E-state index contributed by atoms with van der Waals surface area (Å²) in [4.78, 5) is 10.4. The summed E-state index contributed by atoms with van der Waals surface area (Å²) in [6.45, 7) is 3.79. The Morgan fingerprint density at radius 1 is 1.29 bits per heavy atom. The standard InChI is InChI=1S/C10H9NO2S/c1-6-3-8-7(2)5-14-10(8)4-9(6)11(12)13/h3-5H,1-2H3. The van der Waals surface area contributed by atoms with Gasteiger partial charge in [-0.1, -0.05) is 0 Å². The third-order valence-corrected chi connectivity index (χ3v) is 3.35. The van der Waals surface area contributed by atoms with E-state index in [2.05, 4.69) is 0 Å². The maximum absolute atomic E-state index is 10.7. The smallest absolute Gasteiger partial charge is 0.258 e. The maximum atomic E-state index is 10.7. The molecule has 0 aliphatic rings. The number of hydrogen-bond acceptors (Lipinski definition) is 3. The first-order valence-electron chi connectivity index (χ1n) is 4.22. The Bertz CT molecular complexity index is 516. The Morgan fingerprint density at radius 2 is 2.00 bits per heavy atom. The van der Waals surface area contributed by atoms with Gasteiger partial charge in [0.25, 0.3) is 5.69 Å². The Labute approximate surface area is 85.1 Å². The summed E-state index contributed by atoms with van der Waals surface area (Å²) in [6, 6.07) is 3.54. The molecule has 0 unspecified atom stereocenters. The molecular formula is C10H9NO2S. The van der Waals surface area contributed by atoms with E-state index in [4.69, 9.17) is 0 Å². The number of fused-ring (bicyclic) bond motifs is 1. The lowest BCUT2D eigenvalue weighted by atomic mass is 10.1. The summed E-state index contributed by atoms with van der Waals surface area (Å²) in [5.41, 5.74) is 2.12. The number of nitro benzene ring substituents is 1. The summed E-state index contributed by atoms with van der Waals surface area (Å²) >= 11 is 1.55. The fourth-order valence-electron chi connectivity index (χ4n) is 1.50. The third kappa shape index (κ3) is 1.28. The Morgan fingerprint density at radius 3 is 2.64 bits per heavy atom. The molecule has 0 N–H and O–H groups in total. The van der Waals surface area contributed by atoms with Gasteiger partial charge in [0.1, 0.15) is 0 Å². The predicted octanol–water partition coefficient (Wildman–Crippen LogP) is 3.43. The van der Waals surface area contributed by atoms with Crippen molar-refractivity contribution in [2.45, 2.75) is 13.8 Å². The van der Waals surface area contributed by atoms with Crippen molar-refractivity contribution in [3.63, 3.8) is 0 Å². The van der Waals surface area contributed by atoms with Crippen LogP contribution in [0.25, 0.3) is 10.1 Å². The number of benzene rings is 1. The van der Waals surface area contributed by atoms with Crippen LogP contribution in [0.1, 0.15) is 11.1 Å².